The van der Waals surface area contributed by atoms with Gasteiger partial charge < -0.3 is 10.1 Å². The van der Waals surface area contributed by atoms with Crippen molar-refractivity contribution in [2.75, 3.05) is 6.54 Å². The van der Waals surface area contributed by atoms with Crippen LogP contribution in [0.5, 0.6) is 0 Å². The number of halogens is 1. The Kier molecular flexibility index (Phi) is 5.83. The number of hydrogen-bond acceptors (Lipinski definition) is 3. The Labute approximate surface area is 120 Å². The molecule has 1 aromatic rings. The average Bonchev–Trinajstić information content (AvgIpc) is 2.26. The third-order valence-electron chi connectivity index (χ3n) is 2.57. The van der Waals surface area contributed by atoms with Crippen molar-refractivity contribution in [3.63, 3.8) is 0 Å². The average molecular weight is 284 g/mol. The van der Waals surface area contributed by atoms with Crippen LogP contribution in [-0.4, -0.2) is 18.1 Å². The Balaban J connectivity index is 2.38. The standard InChI is InChI=1S/C15H22ClNO2/c1-11(12-7-5-6-8-13(12)16)17-10-9-14(18)19-15(2,3)4/h5-8,11,17H,9-10H2,1-4H3/t11-/m1/s1. The first-order chi connectivity index (χ1) is 8.79. The molecular formula is C15H22ClNO2. The van der Waals surface area contributed by atoms with Crippen molar-refractivity contribution < 1.29 is 9.53 Å². The topological polar surface area (TPSA) is 38.3 Å². The minimum atomic E-state index is -0.425. The number of rotatable bonds is 5. The SMILES string of the molecule is C[C@@H](NCCC(=O)OC(C)(C)C)c1ccccc1Cl. The molecule has 0 amide bonds. The molecule has 1 N–H and O–H groups in total. The van der Waals surface area contributed by atoms with Gasteiger partial charge in [0.15, 0.2) is 0 Å². The monoisotopic (exact) mass is 283 g/mol. The molecule has 0 unspecified atom stereocenters. The Bertz CT molecular complexity index is 426. The summed E-state index contributed by atoms with van der Waals surface area (Å²) in [5.41, 5.74) is 0.610. The molecule has 106 valence electrons. The second kappa shape index (κ2) is 6.92. The van der Waals surface area contributed by atoms with Gasteiger partial charge >= 0.3 is 5.97 Å². The van der Waals surface area contributed by atoms with E-state index in [4.69, 9.17) is 16.3 Å². The molecule has 0 aliphatic carbocycles. The molecule has 0 bridgehead atoms. The van der Waals surface area contributed by atoms with Gasteiger partial charge in [0.05, 0.1) is 6.42 Å². The lowest BCUT2D eigenvalue weighted by Gasteiger charge is -2.20. The number of benzene rings is 1. The van der Waals surface area contributed by atoms with Crippen LogP contribution >= 0.6 is 11.6 Å². The first-order valence-corrected chi connectivity index (χ1v) is 6.87. The zero-order valence-electron chi connectivity index (χ0n) is 12.0. The Morgan fingerprint density at radius 3 is 2.58 bits per heavy atom. The van der Waals surface area contributed by atoms with Crippen LogP contribution < -0.4 is 5.32 Å². The molecule has 0 aromatic heterocycles. The van der Waals surface area contributed by atoms with Gasteiger partial charge in [0.2, 0.25) is 0 Å². The predicted octanol–water partition coefficient (Wildman–Crippen LogP) is 3.72. The lowest BCUT2D eigenvalue weighted by molar-refractivity contribution is -0.154. The van der Waals surface area contributed by atoms with Crippen molar-refractivity contribution in [3.8, 4) is 0 Å². The Hall–Kier alpha value is -1.06. The van der Waals surface area contributed by atoms with Gasteiger partial charge in [-0.15, -0.1) is 0 Å². The van der Waals surface area contributed by atoms with Gasteiger partial charge in [0, 0.05) is 17.6 Å². The number of nitrogens with one attached hydrogen (secondary N) is 1. The van der Waals surface area contributed by atoms with Gasteiger partial charge in [-0.3, -0.25) is 4.79 Å². The summed E-state index contributed by atoms with van der Waals surface area (Å²) >= 11 is 6.12. The number of carbonyl (C=O) groups is 1. The molecule has 0 aliphatic rings. The van der Waals surface area contributed by atoms with Crippen LogP contribution in [0.4, 0.5) is 0 Å². The second-order valence-electron chi connectivity index (χ2n) is 5.53. The molecule has 4 heteroatoms. The van der Waals surface area contributed by atoms with E-state index in [2.05, 4.69) is 5.32 Å². The quantitative estimate of drug-likeness (QED) is 0.837. The zero-order chi connectivity index (χ0) is 14.5. The first-order valence-electron chi connectivity index (χ1n) is 6.49. The molecule has 0 radical (unpaired) electrons. The van der Waals surface area contributed by atoms with E-state index in [1.807, 2.05) is 52.0 Å². The van der Waals surface area contributed by atoms with Crippen molar-refractivity contribution in [1.82, 2.24) is 5.32 Å². The van der Waals surface area contributed by atoms with Gasteiger partial charge in [-0.1, -0.05) is 29.8 Å². The molecule has 19 heavy (non-hydrogen) atoms. The molecular weight excluding hydrogens is 262 g/mol. The van der Waals surface area contributed by atoms with Gasteiger partial charge in [0.25, 0.3) is 0 Å². The van der Waals surface area contributed by atoms with Crippen LogP contribution in [0.3, 0.4) is 0 Å². The summed E-state index contributed by atoms with van der Waals surface area (Å²) in [5, 5.41) is 4.01. The molecule has 0 saturated heterocycles. The molecule has 1 atom stereocenters. The summed E-state index contributed by atoms with van der Waals surface area (Å²) in [7, 11) is 0. The smallest absolute Gasteiger partial charge is 0.307 e. The van der Waals surface area contributed by atoms with Gasteiger partial charge in [0.1, 0.15) is 5.60 Å². The minimum absolute atomic E-state index is 0.108. The normalized spacial score (nSPS) is 13.1. The fraction of sp³-hybridized carbons (Fsp3) is 0.533. The second-order valence-corrected chi connectivity index (χ2v) is 5.94. The molecule has 1 aromatic carbocycles. The summed E-state index contributed by atoms with van der Waals surface area (Å²) in [6, 6.07) is 7.80. The largest absolute Gasteiger partial charge is 0.460 e. The van der Waals surface area contributed by atoms with Crippen LogP contribution in [0.25, 0.3) is 0 Å². The van der Waals surface area contributed by atoms with Gasteiger partial charge in [-0.2, -0.15) is 0 Å². The van der Waals surface area contributed by atoms with Crippen LogP contribution in [0.2, 0.25) is 5.02 Å². The molecule has 1 rings (SSSR count). The van der Waals surface area contributed by atoms with Gasteiger partial charge in [-0.25, -0.2) is 0 Å². The van der Waals surface area contributed by atoms with E-state index in [-0.39, 0.29) is 12.0 Å². The lowest BCUT2D eigenvalue weighted by atomic mass is 10.1. The summed E-state index contributed by atoms with van der Waals surface area (Å²) in [4.78, 5) is 11.6. The van der Waals surface area contributed by atoms with Gasteiger partial charge in [-0.05, 0) is 39.3 Å². The maximum absolute atomic E-state index is 11.6. The highest BCUT2D eigenvalue weighted by atomic mass is 35.5. The first kappa shape index (κ1) is 16.0. The summed E-state index contributed by atoms with van der Waals surface area (Å²) in [6.45, 7) is 8.19. The highest BCUT2D eigenvalue weighted by Gasteiger charge is 2.16. The van der Waals surface area contributed by atoms with E-state index in [1.54, 1.807) is 0 Å². The molecule has 0 heterocycles. The zero-order valence-corrected chi connectivity index (χ0v) is 12.8. The Morgan fingerprint density at radius 2 is 2.00 bits per heavy atom. The molecule has 0 aliphatic heterocycles. The number of hydrogen-bond donors (Lipinski definition) is 1. The van der Waals surface area contributed by atoms with Crippen LogP contribution in [0.1, 0.15) is 45.7 Å². The number of carbonyl (C=O) groups excluding carboxylic acids is 1. The van der Waals surface area contributed by atoms with E-state index in [0.29, 0.717) is 13.0 Å². The van der Waals surface area contributed by atoms with E-state index in [1.165, 1.54) is 0 Å². The summed E-state index contributed by atoms with van der Waals surface area (Å²) in [6.07, 6.45) is 0.353. The van der Waals surface area contributed by atoms with Crippen molar-refractivity contribution in [3.05, 3.63) is 34.9 Å². The lowest BCUT2D eigenvalue weighted by Crippen LogP contribution is -2.27. The highest BCUT2D eigenvalue weighted by Crippen LogP contribution is 2.21. The predicted molar refractivity (Wildman–Crippen MR) is 78.3 cm³/mol. The van der Waals surface area contributed by atoms with Crippen molar-refractivity contribution in [2.24, 2.45) is 0 Å². The van der Waals surface area contributed by atoms with Crippen LogP contribution in [0.15, 0.2) is 24.3 Å². The molecule has 0 saturated carbocycles. The van der Waals surface area contributed by atoms with Crippen molar-refractivity contribution in [1.29, 1.82) is 0 Å². The number of ether oxygens (including phenoxy) is 1. The fourth-order valence-corrected chi connectivity index (χ4v) is 2.02. The molecule has 3 nitrogen and oxygen atoms in total. The third kappa shape index (κ3) is 6.08. The maximum atomic E-state index is 11.6. The molecule has 0 spiro atoms. The van der Waals surface area contributed by atoms with Crippen LogP contribution in [0, 0.1) is 0 Å². The van der Waals surface area contributed by atoms with Crippen LogP contribution in [-0.2, 0) is 9.53 Å². The third-order valence-corrected chi connectivity index (χ3v) is 2.92. The number of esters is 1. The Morgan fingerprint density at radius 1 is 1.37 bits per heavy atom. The molecule has 0 fully saturated rings. The summed E-state index contributed by atoms with van der Waals surface area (Å²) in [5.74, 6) is -0.189. The van der Waals surface area contributed by atoms with E-state index < -0.39 is 5.60 Å². The summed E-state index contributed by atoms with van der Waals surface area (Å²) < 4.78 is 5.24. The van der Waals surface area contributed by atoms with E-state index >= 15 is 0 Å². The maximum Gasteiger partial charge on any atom is 0.307 e. The van der Waals surface area contributed by atoms with E-state index in [9.17, 15) is 4.79 Å². The fourth-order valence-electron chi connectivity index (χ4n) is 1.72. The van der Waals surface area contributed by atoms with E-state index in [0.717, 1.165) is 10.6 Å². The minimum Gasteiger partial charge on any atom is -0.460 e. The van der Waals surface area contributed by atoms with Crippen molar-refractivity contribution >= 4 is 17.6 Å². The van der Waals surface area contributed by atoms with Crippen molar-refractivity contribution in [2.45, 2.75) is 45.8 Å². The highest BCUT2D eigenvalue weighted by molar-refractivity contribution is 6.31.